The molecule has 21 heavy (non-hydrogen) atoms. The Morgan fingerprint density at radius 1 is 1.24 bits per heavy atom. The van der Waals surface area contributed by atoms with Crippen molar-refractivity contribution in [2.45, 2.75) is 26.7 Å². The summed E-state index contributed by atoms with van der Waals surface area (Å²) in [4.78, 5) is 12.6. The van der Waals surface area contributed by atoms with Gasteiger partial charge in [-0.25, -0.2) is 0 Å². The van der Waals surface area contributed by atoms with Crippen LogP contribution in [0.2, 0.25) is 0 Å². The number of ketones is 1. The summed E-state index contributed by atoms with van der Waals surface area (Å²) in [6, 6.07) is 10.0. The number of aryl methyl sites for hydroxylation is 2. The number of aromatic nitrogens is 2. The van der Waals surface area contributed by atoms with Gasteiger partial charge in [0.2, 0.25) is 0 Å². The summed E-state index contributed by atoms with van der Waals surface area (Å²) in [5.74, 6) is 0.119. The number of nitrogens with zero attached hydrogens (tertiary/aromatic N) is 2. The van der Waals surface area contributed by atoms with Crippen LogP contribution >= 0.6 is 11.3 Å². The van der Waals surface area contributed by atoms with Crippen molar-refractivity contribution in [2.24, 2.45) is 0 Å². The van der Waals surface area contributed by atoms with Crippen molar-refractivity contribution in [1.29, 1.82) is 0 Å². The molecule has 0 atom stereocenters. The molecule has 0 aliphatic carbocycles. The normalized spacial score (nSPS) is 11.0. The van der Waals surface area contributed by atoms with Crippen molar-refractivity contribution >= 4 is 27.2 Å². The lowest BCUT2D eigenvalue weighted by Crippen LogP contribution is -2.10. The largest absolute Gasteiger partial charge is 0.294 e. The van der Waals surface area contributed by atoms with Gasteiger partial charge < -0.3 is 0 Å². The molecule has 0 bridgehead atoms. The molecule has 4 heteroatoms. The molecule has 0 N–H and O–H groups in total. The Morgan fingerprint density at radius 3 is 2.86 bits per heavy atom. The molecule has 3 rings (SSSR count). The van der Waals surface area contributed by atoms with Gasteiger partial charge in [-0.05, 0) is 41.8 Å². The van der Waals surface area contributed by atoms with E-state index in [1.807, 2.05) is 32.0 Å². The molecule has 2 aromatic heterocycles. The van der Waals surface area contributed by atoms with Crippen LogP contribution in [0.25, 0.3) is 10.1 Å². The van der Waals surface area contributed by atoms with Gasteiger partial charge in [-0.2, -0.15) is 10.2 Å². The Bertz CT molecular complexity index is 807. The highest BCUT2D eigenvalue weighted by atomic mass is 32.1. The van der Waals surface area contributed by atoms with Crippen molar-refractivity contribution in [2.75, 3.05) is 0 Å². The Hall–Kier alpha value is -2.07. The maximum Gasteiger partial charge on any atom is 0.169 e. The summed E-state index contributed by atoms with van der Waals surface area (Å²) in [5.41, 5.74) is 3.37. The zero-order valence-electron chi connectivity index (χ0n) is 12.1. The fraction of sp³-hybridized carbons (Fsp3) is 0.235. The quantitative estimate of drug-likeness (QED) is 0.684. The molecule has 0 saturated carbocycles. The fourth-order valence-electron chi connectivity index (χ4n) is 2.45. The van der Waals surface area contributed by atoms with Gasteiger partial charge in [0.15, 0.2) is 5.78 Å². The van der Waals surface area contributed by atoms with Crippen molar-refractivity contribution < 1.29 is 4.79 Å². The summed E-state index contributed by atoms with van der Waals surface area (Å²) in [6.45, 7) is 3.86. The first kappa shape index (κ1) is 13.9. The van der Waals surface area contributed by atoms with E-state index in [-0.39, 0.29) is 5.78 Å². The number of thiophene rings is 1. The van der Waals surface area contributed by atoms with Crippen molar-refractivity contribution in [1.82, 2.24) is 10.2 Å². The van der Waals surface area contributed by atoms with Crippen LogP contribution in [-0.2, 0) is 12.8 Å². The van der Waals surface area contributed by atoms with E-state index >= 15 is 0 Å². The third kappa shape index (κ3) is 2.72. The van der Waals surface area contributed by atoms with Crippen LogP contribution in [0.15, 0.2) is 35.7 Å². The highest BCUT2D eigenvalue weighted by Crippen LogP contribution is 2.27. The highest BCUT2D eigenvalue weighted by Gasteiger charge is 2.15. The van der Waals surface area contributed by atoms with Crippen LogP contribution in [0.4, 0.5) is 0 Å². The smallest absolute Gasteiger partial charge is 0.169 e. The minimum Gasteiger partial charge on any atom is -0.294 e. The van der Waals surface area contributed by atoms with Crippen molar-refractivity contribution in [3.63, 3.8) is 0 Å². The summed E-state index contributed by atoms with van der Waals surface area (Å²) < 4.78 is 1.22. The van der Waals surface area contributed by atoms with Crippen LogP contribution in [0.5, 0.6) is 0 Å². The third-order valence-corrected chi connectivity index (χ3v) is 4.55. The third-order valence-electron chi connectivity index (χ3n) is 3.54. The molecule has 106 valence electrons. The Balaban J connectivity index is 1.95. The minimum absolute atomic E-state index is 0.119. The van der Waals surface area contributed by atoms with E-state index in [0.717, 1.165) is 23.4 Å². The topological polar surface area (TPSA) is 42.9 Å². The van der Waals surface area contributed by atoms with Crippen molar-refractivity contribution in [3.05, 3.63) is 58.2 Å². The van der Waals surface area contributed by atoms with E-state index in [4.69, 9.17) is 0 Å². The summed E-state index contributed by atoms with van der Waals surface area (Å²) in [6.07, 6.45) is 1.14. The van der Waals surface area contributed by atoms with E-state index in [1.165, 1.54) is 10.1 Å². The van der Waals surface area contributed by atoms with E-state index in [0.29, 0.717) is 12.0 Å². The van der Waals surface area contributed by atoms with Gasteiger partial charge in [0, 0.05) is 16.7 Å². The Morgan fingerprint density at radius 2 is 2.05 bits per heavy atom. The number of carbonyl (C=O) groups excluding carboxylic acids is 1. The number of hydrogen-bond donors (Lipinski definition) is 0. The molecule has 3 aromatic rings. The number of hydrogen-bond acceptors (Lipinski definition) is 4. The van der Waals surface area contributed by atoms with Crippen LogP contribution in [0, 0.1) is 6.92 Å². The first-order valence-corrected chi connectivity index (χ1v) is 7.88. The number of rotatable bonds is 4. The molecular formula is C17H16N2OS. The van der Waals surface area contributed by atoms with Gasteiger partial charge in [-0.3, -0.25) is 4.79 Å². The van der Waals surface area contributed by atoms with E-state index in [9.17, 15) is 4.79 Å². The first-order chi connectivity index (χ1) is 10.2. The summed E-state index contributed by atoms with van der Waals surface area (Å²) in [5, 5.41) is 11.4. The van der Waals surface area contributed by atoms with Gasteiger partial charge in [0.05, 0.1) is 11.4 Å². The molecule has 0 fully saturated rings. The van der Waals surface area contributed by atoms with Gasteiger partial charge >= 0.3 is 0 Å². The number of fused-ring (bicyclic) bond motifs is 1. The minimum atomic E-state index is 0.119. The standard InChI is InChI=1S/C17H16N2OS/c1-3-15-14(8-11(2)18-19-15)16(20)9-12-10-21-17-7-5-4-6-13(12)17/h4-8,10H,3,9H2,1-2H3. The van der Waals surface area contributed by atoms with E-state index in [1.54, 1.807) is 11.3 Å². The molecule has 0 aliphatic rings. The number of carbonyl (C=O) groups is 1. The average molecular weight is 296 g/mol. The molecule has 0 radical (unpaired) electrons. The van der Waals surface area contributed by atoms with Gasteiger partial charge in [0.25, 0.3) is 0 Å². The lowest BCUT2D eigenvalue weighted by Gasteiger charge is -2.06. The maximum absolute atomic E-state index is 12.6. The SMILES string of the molecule is CCc1nnc(C)cc1C(=O)Cc1csc2ccccc12. The summed E-state index contributed by atoms with van der Waals surface area (Å²) in [7, 11) is 0. The molecule has 0 unspecified atom stereocenters. The Labute approximate surface area is 127 Å². The zero-order chi connectivity index (χ0) is 14.8. The lowest BCUT2D eigenvalue weighted by atomic mass is 10.0. The predicted molar refractivity (Wildman–Crippen MR) is 86.0 cm³/mol. The molecule has 3 nitrogen and oxygen atoms in total. The second kappa shape index (κ2) is 5.74. The first-order valence-electron chi connectivity index (χ1n) is 7.00. The summed E-state index contributed by atoms with van der Waals surface area (Å²) >= 11 is 1.68. The van der Waals surface area contributed by atoms with Crippen LogP contribution < -0.4 is 0 Å². The molecule has 0 spiro atoms. The van der Waals surface area contributed by atoms with Gasteiger partial charge in [-0.15, -0.1) is 11.3 Å². The van der Waals surface area contributed by atoms with Gasteiger partial charge in [0.1, 0.15) is 0 Å². The lowest BCUT2D eigenvalue weighted by molar-refractivity contribution is 0.0991. The zero-order valence-corrected chi connectivity index (χ0v) is 12.9. The van der Waals surface area contributed by atoms with Gasteiger partial charge in [-0.1, -0.05) is 25.1 Å². The maximum atomic E-state index is 12.6. The number of Topliss-reactive ketones (excluding diaryl/α,β-unsaturated/α-hetero) is 1. The molecule has 1 aromatic carbocycles. The highest BCUT2D eigenvalue weighted by molar-refractivity contribution is 7.17. The number of benzene rings is 1. The molecule has 2 heterocycles. The average Bonchev–Trinajstić information content (AvgIpc) is 2.90. The van der Waals surface area contributed by atoms with Crippen molar-refractivity contribution in [3.8, 4) is 0 Å². The monoisotopic (exact) mass is 296 g/mol. The van der Waals surface area contributed by atoms with Crippen LogP contribution in [-0.4, -0.2) is 16.0 Å². The fourth-order valence-corrected chi connectivity index (χ4v) is 3.42. The predicted octanol–water partition coefficient (Wildman–Crippen LogP) is 3.99. The second-order valence-electron chi connectivity index (χ2n) is 5.06. The second-order valence-corrected chi connectivity index (χ2v) is 5.97. The molecular weight excluding hydrogens is 280 g/mol. The van der Waals surface area contributed by atoms with Crippen LogP contribution in [0.1, 0.15) is 34.2 Å². The molecule has 0 saturated heterocycles. The molecule has 0 aliphatic heterocycles. The Kier molecular flexibility index (Phi) is 3.80. The van der Waals surface area contributed by atoms with Crippen LogP contribution in [0.3, 0.4) is 0 Å². The molecule has 0 amide bonds. The van der Waals surface area contributed by atoms with E-state index in [2.05, 4.69) is 27.7 Å². The van der Waals surface area contributed by atoms with E-state index < -0.39 is 0 Å².